The van der Waals surface area contributed by atoms with Gasteiger partial charge in [0.15, 0.2) is 0 Å². The summed E-state index contributed by atoms with van der Waals surface area (Å²) < 4.78 is 2.04. The molecule has 52 valence electrons. The Balaban J connectivity index is 2.55. The molecule has 10 heavy (non-hydrogen) atoms. The van der Waals surface area contributed by atoms with Crippen molar-refractivity contribution in [3.05, 3.63) is 46.1 Å². The van der Waals surface area contributed by atoms with Crippen molar-refractivity contribution in [2.24, 2.45) is 0 Å². The summed E-state index contributed by atoms with van der Waals surface area (Å²) in [4.78, 5) is 0. The molecule has 0 radical (unpaired) electrons. The van der Waals surface area contributed by atoms with Gasteiger partial charge in [0.2, 0.25) is 0 Å². The lowest BCUT2D eigenvalue weighted by molar-refractivity contribution is 1.11. The molecular weight excluding hydrogens is 235 g/mol. The van der Waals surface area contributed by atoms with Gasteiger partial charge in [0.25, 0.3) is 0 Å². The van der Waals surface area contributed by atoms with Crippen LogP contribution >= 0.6 is 22.6 Å². The number of hydrogen-bond donors (Lipinski definition) is 0. The quantitative estimate of drug-likeness (QED) is 0.653. The molecule has 0 atom stereocenters. The van der Waals surface area contributed by atoms with Crippen molar-refractivity contribution < 1.29 is 0 Å². The predicted molar refractivity (Wildman–Crippen MR) is 54.1 cm³/mol. The molecule has 0 aromatic rings. The summed E-state index contributed by atoms with van der Waals surface area (Å²) >= 11 is 2.23. The van der Waals surface area contributed by atoms with Crippen LogP contribution in [0.15, 0.2) is 46.1 Å². The molecule has 0 fully saturated rings. The number of hydrogen-bond acceptors (Lipinski definition) is 0. The zero-order valence-corrected chi connectivity index (χ0v) is 7.84. The summed E-state index contributed by atoms with van der Waals surface area (Å²) in [7, 11) is 0. The fourth-order valence-electron chi connectivity index (χ4n) is 0.891. The molecule has 0 amide bonds. The second-order valence-electron chi connectivity index (χ2n) is 2.17. The molecule has 1 aliphatic rings. The Morgan fingerprint density at radius 2 is 2.30 bits per heavy atom. The Labute approximate surface area is 75.2 Å². The van der Waals surface area contributed by atoms with Crippen LogP contribution in [0.5, 0.6) is 0 Å². The Kier molecular flexibility index (Phi) is 2.93. The van der Waals surface area contributed by atoms with Gasteiger partial charge in [-0.1, -0.05) is 53.5 Å². The molecule has 0 spiro atoms. The lowest BCUT2D eigenvalue weighted by Gasteiger charge is -2.13. The SMILES string of the molecule is C=C/C=C1C=C(/C=C/I)C/1. The molecular formula is C9H9I. The summed E-state index contributed by atoms with van der Waals surface area (Å²) in [6, 6.07) is 0. The van der Waals surface area contributed by atoms with Gasteiger partial charge < -0.3 is 0 Å². The normalized spacial score (nSPS) is 20.9. The van der Waals surface area contributed by atoms with Crippen LogP contribution in [0.2, 0.25) is 0 Å². The minimum atomic E-state index is 1.10. The zero-order valence-electron chi connectivity index (χ0n) is 5.68. The van der Waals surface area contributed by atoms with E-state index in [9.17, 15) is 0 Å². The van der Waals surface area contributed by atoms with Crippen molar-refractivity contribution in [2.75, 3.05) is 0 Å². The van der Waals surface area contributed by atoms with E-state index >= 15 is 0 Å². The van der Waals surface area contributed by atoms with Gasteiger partial charge in [0.1, 0.15) is 0 Å². The van der Waals surface area contributed by atoms with E-state index < -0.39 is 0 Å². The fraction of sp³-hybridized carbons (Fsp3) is 0.111. The summed E-state index contributed by atoms with van der Waals surface area (Å²) in [5.74, 6) is 0. The van der Waals surface area contributed by atoms with Crippen LogP contribution in [0, 0.1) is 0 Å². The van der Waals surface area contributed by atoms with Crippen LogP contribution < -0.4 is 0 Å². The monoisotopic (exact) mass is 244 g/mol. The maximum atomic E-state index is 3.63. The number of rotatable bonds is 2. The van der Waals surface area contributed by atoms with E-state index in [1.165, 1.54) is 11.1 Å². The second-order valence-corrected chi connectivity index (χ2v) is 2.89. The number of halogens is 1. The lowest BCUT2D eigenvalue weighted by atomic mass is 9.92. The van der Waals surface area contributed by atoms with E-state index in [-0.39, 0.29) is 0 Å². The van der Waals surface area contributed by atoms with E-state index in [2.05, 4.69) is 41.3 Å². The third-order valence-electron chi connectivity index (χ3n) is 1.39. The Morgan fingerprint density at radius 1 is 1.60 bits per heavy atom. The maximum Gasteiger partial charge on any atom is -0.00254 e. The van der Waals surface area contributed by atoms with Gasteiger partial charge in [-0.25, -0.2) is 0 Å². The van der Waals surface area contributed by atoms with Crippen molar-refractivity contribution in [3.63, 3.8) is 0 Å². The van der Waals surface area contributed by atoms with Crippen LogP contribution in [-0.2, 0) is 0 Å². The molecule has 0 aromatic carbocycles. The molecule has 0 bridgehead atoms. The standard InChI is InChI=1S/C9H9I/c1-2-3-8-6-9(7-8)4-5-10/h2-6H,1,7H2/b5-4+,8-3-. The van der Waals surface area contributed by atoms with Crippen LogP contribution in [-0.4, -0.2) is 0 Å². The average Bonchev–Trinajstić information content (AvgIpc) is 1.84. The van der Waals surface area contributed by atoms with Crippen LogP contribution in [0.4, 0.5) is 0 Å². The average molecular weight is 244 g/mol. The largest absolute Gasteiger partial charge is 0.0991 e. The van der Waals surface area contributed by atoms with E-state index in [4.69, 9.17) is 0 Å². The highest BCUT2D eigenvalue weighted by Crippen LogP contribution is 2.25. The topological polar surface area (TPSA) is 0 Å². The first kappa shape index (κ1) is 7.79. The summed E-state index contributed by atoms with van der Waals surface area (Å²) in [5, 5.41) is 0. The van der Waals surface area contributed by atoms with Gasteiger partial charge in [-0.3, -0.25) is 0 Å². The van der Waals surface area contributed by atoms with Gasteiger partial charge in [-0.2, -0.15) is 0 Å². The lowest BCUT2D eigenvalue weighted by Crippen LogP contribution is -1.94. The van der Waals surface area contributed by atoms with Crippen LogP contribution in [0.25, 0.3) is 0 Å². The number of allylic oxidation sites excluding steroid dienone is 6. The van der Waals surface area contributed by atoms with Gasteiger partial charge in [-0.05, 0) is 21.6 Å². The molecule has 0 saturated carbocycles. The van der Waals surface area contributed by atoms with Gasteiger partial charge in [0, 0.05) is 0 Å². The van der Waals surface area contributed by atoms with Crippen LogP contribution in [0.3, 0.4) is 0 Å². The van der Waals surface area contributed by atoms with E-state index in [0.717, 1.165) is 6.42 Å². The second kappa shape index (κ2) is 3.76. The zero-order chi connectivity index (χ0) is 7.40. The Bertz CT molecular complexity index is 219. The summed E-state index contributed by atoms with van der Waals surface area (Å²) in [5.41, 5.74) is 2.78. The maximum absolute atomic E-state index is 3.63. The van der Waals surface area contributed by atoms with Crippen molar-refractivity contribution in [2.45, 2.75) is 6.42 Å². The predicted octanol–water partition coefficient (Wildman–Crippen LogP) is 3.38. The van der Waals surface area contributed by atoms with E-state index in [0.29, 0.717) is 0 Å². The molecule has 1 heteroatoms. The Morgan fingerprint density at radius 3 is 2.80 bits per heavy atom. The van der Waals surface area contributed by atoms with E-state index in [1.54, 1.807) is 0 Å². The fourth-order valence-corrected chi connectivity index (χ4v) is 1.35. The summed E-state index contributed by atoms with van der Waals surface area (Å²) in [6.07, 6.45) is 9.28. The first-order chi connectivity index (χ1) is 4.86. The smallest absolute Gasteiger partial charge is 0.00254 e. The molecule has 0 heterocycles. The minimum absolute atomic E-state index is 1.10. The van der Waals surface area contributed by atoms with Crippen molar-refractivity contribution in [1.82, 2.24) is 0 Å². The van der Waals surface area contributed by atoms with Crippen molar-refractivity contribution in [1.29, 1.82) is 0 Å². The molecule has 0 nitrogen and oxygen atoms in total. The molecule has 0 unspecified atom stereocenters. The summed E-state index contributed by atoms with van der Waals surface area (Å²) in [6.45, 7) is 3.63. The third kappa shape index (κ3) is 1.84. The highest BCUT2D eigenvalue weighted by molar-refractivity contribution is 14.1. The molecule has 1 aliphatic carbocycles. The van der Waals surface area contributed by atoms with Gasteiger partial charge in [-0.15, -0.1) is 0 Å². The third-order valence-corrected chi connectivity index (χ3v) is 1.75. The van der Waals surface area contributed by atoms with Gasteiger partial charge >= 0.3 is 0 Å². The molecule has 0 aromatic heterocycles. The first-order valence-electron chi connectivity index (χ1n) is 3.15. The molecule has 0 aliphatic heterocycles. The Hall–Kier alpha value is -0.310. The molecule has 1 rings (SSSR count). The minimum Gasteiger partial charge on any atom is -0.0991 e. The highest BCUT2D eigenvalue weighted by atomic mass is 127. The van der Waals surface area contributed by atoms with Gasteiger partial charge in [0.05, 0.1) is 0 Å². The van der Waals surface area contributed by atoms with Crippen molar-refractivity contribution >= 4 is 22.6 Å². The van der Waals surface area contributed by atoms with Crippen molar-refractivity contribution in [3.8, 4) is 0 Å². The first-order valence-corrected chi connectivity index (χ1v) is 4.40. The molecule has 0 saturated heterocycles. The van der Waals surface area contributed by atoms with E-state index in [1.807, 2.05) is 16.2 Å². The molecule has 0 N–H and O–H groups in total. The van der Waals surface area contributed by atoms with Crippen LogP contribution in [0.1, 0.15) is 6.42 Å². The highest BCUT2D eigenvalue weighted by Gasteiger charge is 2.06.